The second-order valence-corrected chi connectivity index (χ2v) is 5.38. The van der Waals surface area contributed by atoms with Crippen molar-refractivity contribution in [3.05, 3.63) is 42.5 Å². The normalized spacial score (nSPS) is 15.0. The van der Waals surface area contributed by atoms with E-state index in [0.717, 1.165) is 6.42 Å². The van der Waals surface area contributed by atoms with Crippen LogP contribution < -0.4 is 10.2 Å². The molecule has 5 nitrogen and oxygen atoms in total. The number of carbonyl (C=O) groups is 2. The molecule has 1 aromatic carbocycles. The SMILES string of the molecule is C=CCN(CC(F)(F)F)C(=O)c1cccc(N2CCCNC2=O)c1. The van der Waals surface area contributed by atoms with E-state index >= 15 is 0 Å². The van der Waals surface area contributed by atoms with Crippen molar-refractivity contribution in [2.24, 2.45) is 0 Å². The van der Waals surface area contributed by atoms with Gasteiger partial charge in [0.05, 0.1) is 0 Å². The van der Waals surface area contributed by atoms with Crippen LogP contribution in [0.4, 0.5) is 23.7 Å². The van der Waals surface area contributed by atoms with Crippen molar-refractivity contribution >= 4 is 17.6 Å². The molecule has 0 aromatic heterocycles. The number of nitrogens with one attached hydrogen (secondary N) is 1. The van der Waals surface area contributed by atoms with Crippen molar-refractivity contribution in [3.63, 3.8) is 0 Å². The summed E-state index contributed by atoms with van der Waals surface area (Å²) >= 11 is 0. The van der Waals surface area contributed by atoms with Gasteiger partial charge >= 0.3 is 12.2 Å². The molecule has 0 atom stereocenters. The van der Waals surface area contributed by atoms with Crippen LogP contribution in [0.2, 0.25) is 0 Å². The predicted octanol–water partition coefficient (Wildman–Crippen LogP) is 2.80. The maximum atomic E-state index is 12.6. The van der Waals surface area contributed by atoms with Gasteiger partial charge in [-0.25, -0.2) is 4.79 Å². The number of carbonyl (C=O) groups excluding carboxylic acids is 2. The van der Waals surface area contributed by atoms with Gasteiger partial charge in [-0.1, -0.05) is 12.1 Å². The number of nitrogens with zero attached hydrogens (tertiary/aromatic N) is 2. The van der Waals surface area contributed by atoms with Gasteiger partial charge in [-0.3, -0.25) is 9.69 Å². The summed E-state index contributed by atoms with van der Waals surface area (Å²) in [5.74, 6) is -0.758. The van der Waals surface area contributed by atoms with Crippen LogP contribution in [0.5, 0.6) is 0 Å². The molecule has 1 aliphatic heterocycles. The minimum atomic E-state index is -4.50. The van der Waals surface area contributed by atoms with Crippen LogP contribution in [0.3, 0.4) is 0 Å². The molecule has 0 bridgehead atoms. The average Bonchev–Trinajstić information content (AvgIpc) is 2.53. The van der Waals surface area contributed by atoms with Crippen molar-refractivity contribution in [2.75, 3.05) is 31.1 Å². The fraction of sp³-hybridized carbons (Fsp3) is 0.375. The number of anilines is 1. The van der Waals surface area contributed by atoms with Gasteiger partial charge in [0, 0.05) is 30.9 Å². The molecule has 1 fully saturated rings. The average molecular weight is 341 g/mol. The summed E-state index contributed by atoms with van der Waals surface area (Å²) in [5.41, 5.74) is 0.570. The van der Waals surface area contributed by atoms with Crippen LogP contribution >= 0.6 is 0 Å². The van der Waals surface area contributed by atoms with Crippen molar-refractivity contribution in [3.8, 4) is 0 Å². The highest BCUT2D eigenvalue weighted by Gasteiger charge is 2.33. The summed E-state index contributed by atoms with van der Waals surface area (Å²) in [6.45, 7) is 2.88. The molecule has 0 aliphatic carbocycles. The molecule has 8 heteroatoms. The summed E-state index contributed by atoms with van der Waals surface area (Å²) in [7, 11) is 0. The largest absolute Gasteiger partial charge is 0.406 e. The monoisotopic (exact) mass is 341 g/mol. The summed E-state index contributed by atoms with van der Waals surface area (Å²) in [4.78, 5) is 26.4. The van der Waals surface area contributed by atoms with E-state index < -0.39 is 18.6 Å². The van der Waals surface area contributed by atoms with Crippen molar-refractivity contribution in [1.29, 1.82) is 0 Å². The molecule has 24 heavy (non-hydrogen) atoms. The smallest absolute Gasteiger partial charge is 0.338 e. The Balaban J connectivity index is 2.23. The molecule has 0 radical (unpaired) electrons. The minimum Gasteiger partial charge on any atom is -0.338 e. The quantitative estimate of drug-likeness (QED) is 0.838. The molecule has 0 saturated carbocycles. The lowest BCUT2D eigenvalue weighted by Crippen LogP contribution is -2.46. The van der Waals surface area contributed by atoms with Crippen LogP contribution in [0.25, 0.3) is 0 Å². The number of amides is 3. The highest BCUT2D eigenvalue weighted by atomic mass is 19.4. The third-order valence-corrected chi connectivity index (χ3v) is 3.49. The molecular weight excluding hydrogens is 323 g/mol. The Kier molecular flexibility index (Phi) is 5.48. The van der Waals surface area contributed by atoms with Crippen LogP contribution in [-0.2, 0) is 0 Å². The topological polar surface area (TPSA) is 52.7 Å². The molecule has 1 N–H and O–H groups in total. The predicted molar refractivity (Wildman–Crippen MR) is 84.0 cm³/mol. The Bertz CT molecular complexity index is 631. The highest BCUT2D eigenvalue weighted by Crippen LogP contribution is 2.22. The number of hydrogen-bond acceptors (Lipinski definition) is 2. The van der Waals surface area contributed by atoms with E-state index in [1.54, 1.807) is 12.1 Å². The number of hydrogen-bond donors (Lipinski definition) is 1. The molecule has 0 unspecified atom stereocenters. The summed E-state index contributed by atoms with van der Waals surface area (Å²) in [6.07, 6.45) is -2.50. The zero-order valence-corrected chi connectivity index (χ0v) is 13.0. The zero-order valence-electron chi connectivity index (χ0n) is 13.0. The van der Waals surface area contributed by atoms with Crippen molar-refractivity contribution in [2.45, 2.75) is 12.6 Å². The molecule has 1 heterocycles. The first-order valence-corrected chi connectivity index (χ1v) is 7.44. The van der Waals surface area contributed by atoms with Crippen molar-refractivity contribution < 1.29 is 22.8 Å². The Labute approximate surface area is 137 Å². The van der Waals surface area contributed by atoms with E-state index in [1.165, 1.54) is 23.1 Å². The lowest BCUT2D eigenvalue weighted by molar-refractivity contribution is -0.139. The first-order valence-electron chi connectivity index (χ1n) is 7.44. The van der Waals surface area contributed by atoms with E-state index in [2.05, 4.69) is 11.9 Å². The lowest BCUT2D eigenvalue weighted by Gasteiger charge is -2.28. The van der Waals surface area contributed by atoms with E-state index in [0.29, 0.717) is 23.7 Å². The number of alkyl halides is 3. The van der Waals surface area contributed by atoms with E-state index in [4.69, 9.17) is 0 Å². The molecule has 2 rings (SSSR count). The number of benzene rings is 1. The number of rotatable bonds is 5. The standard InChI is InChI=1S/C16H18F3N3O2/c1-2-8-21(11-16(17,18)19)14(23)12-5-3-6-13(10-12)22-9-4-7-20-15(22)24/h2-3,5-6,10H,1,4,7-9,11H2,(H,20,24). The van der Waals surface area contributed by atoms with Crippen LogP contribution in [0.15, 0.2) is 36.9 Å². The van der Waals surface area contributed by atoms with E-state index in [-0.39, 0.29) is 18.1 Å². The Morgan fingerprint density at radius 1 is 1.42 bits per heavy atom. The van der Waals surface area contributed by atoms with Crippen molar-refractivity contribution in [1.82, 2.24) is 10.2 Å². The maximum absolute atomic E-state index is 12.6. The fourth-order valence-corrected chi connectivity index (χ4v) is 2.46. The molecule has 1 aliphatic rings. The first-order chi connectivity index (χ1) is 11.3. The number of halogens is 3. The van der Waals surface area contributed by atoms with Gasteiger partial charge in [-0.05, 0) is 24.6 Å². The first kappa shape index (κ1) is 17.8. The molecule has 1 aromatic rings. The Morgan fingerprint density at radius 2 is 2.17 bits per heavy atom. The van der Waals surface area contributed by atoms with Gasteiger partial charge in [0.2, 0.25) is 0 Å². The second-order valence-electron chi connectivity index (χ2n) is 5.38. The van der Waals surface area contributed by atoms with Gasteiger partial charge in [0.1, 0.15) is 6.54 Å². The van der Waals surface area contributed by atoms with Crippen LogP contribution in [0, 0.1) is 0 Å². The summed E-state index contributed by atoms with van der Waals surface area (Å²) in [6, 6.07) is 5.76. The van der Waals surface area contributed by atoms with Gasteiger partial charge < -0.3 is 10.2 Å². The van der Waals surface area contributed by atoms with Crippen LogP contribution in [0.1, 0.15) is 16.8 Å². The molecule has 3 amide bonds. The third-order valence-electron chi connectivity index (χ3n) is 3.49. The van der Waals surface area contributed by atoms with Gasteiger partial charge in [0.15, 0.2) is 0 Å². The van der Waals surface area contributed by atoms with E-state index in [1.807, 2.05) is 0 Å². The molecule has 1 saturated heterocycles. The van der Waals surface area contributed by atoms with Gasteiger partial charge in [0.25, 0.3) is 5.91 Å². The molecular formula is C16H18F3N3O2. The minimum absolute atomic E-state index is 0.0944. The summed E-state index contributed by atoms with van der Waals surface area (Å²) < 4.78 is 37.9. The Morgan fingerprint density at radius 3 is 2.79 bits per heavy atom. The molecule has 130 valence electrons. The fourth-order valence-electron chi connectivity index (χ4n) is 2.46. The molecule has 0 spiro atoms. The highest BCUT2D eigenvalue weighted by molar-refractivity contribution is 5.98. The Hall–Kier alpha value is -2.51. The van der Waals surface area contributed by atoms with Gasteiger partial charge in [-0.2, -0.15) is 13.2 Å². The van der Waals surface area contributed by atoms with E-state index in [9.17, 15) is 22.8 Å². The second kappa shape index (κ2) is 7.37. The van der Waals surface area contributed by atoms with Crippen LogP contribution in [-0.4, -0.2) is 49.2 Å². The zero-order chi connectivity index (χ0) is 17.7. The third kappa shape index (κ3) is 4.50. The lowest BCUT2D eigenvalue weighted by atomic mass is 10.1. The van der Waals surface area contributed by atoms with Gasteiger partial charge in [-0.15, -0.1) is 6.58 Å². The number of urea groups is 1. The summed E-state index contributed by atoms with van der Waals surface area (Å²) in [5, 5.41) is 2.68. The maximum Gasteiger partial charge on any atom is 0.406 e.